The van der Waals surface area contributed by atoms with Crippen LogP contribution in [-0.2, 0) is 11.6 Å². The van der Waals surface area contributed by atoms with E-state index >= 15 is 0 Å². The fraction of sp³-hybridized carbons (Fsp3) is 0.444. The second kappa shape index (κ2) is 5.34. The van der Waals surface area contributed by atoms with Gasteiger partial charge in [0.1, 0.15) is 11.4 Å². The lowest BCUT2D eigenvalue weighted by atomic mass is 9.88. The van der Waals surface area contributed by atoms with Crippen molar-refractivity contribution in [2.45, 2.75) is 50.2 Å². The first-order chi connectivity index (χ1) is 11.8. The van der Waals surface area contributed by atoms with Crippen molar-refractivity contribution in [3.05, 3.63) is 52.6 Å². The van der Waals surface area contributed by atoms with Crippen LogP contribution in [0.4, 0.5) is 13.2 Å². The molecule has 1 amide bonds. The van der Waals surface area contributed by atoms with E-state index in [9.17, 15) is 18.0 Å². The Labute approximate surface area is 142 Å². The average Bonchev–Trinajstić information content (AvgIpc) is 3.48. The van der Waals surface area contributed by atoms with Crippen LogP contribution in [0, 0.1) is 6.92 Å². The second-order valence-corrected chi connectivity index (χ2v) is 6.96. The smallest absolute Gasteiger partial charge is 0.357 e. The molecule has 2 saturated carbocycles. The molecule has 2 fully saturated rings. The fourth-order valence-electron chi connectivity index (χ4n) is 3.40. The van der Waals surface area contributed by atoms with Crippen LogP contribution in [0.5, 0.6) is 0 Å². The standard InChI is InChI=1S/C18H18F3N3O/c1-10-13(9-23-15(10)16(25)24-12-3-4-12)17(6-7-17)11-2-5-14(22-8-11)18(19,20)21/h2,5,8-9,12,23H,3-4,6-7H2,1H3,(H,24,25). The molecule has 4 rings (SSSR count). The molecule has 132 valence electrons. The summed E-state index contributed by atoms with van der Waals surface area (Å²) in [6, 6.07) is 2.80. The summed E-state index contributed by atoms with van der Waals surface area (Å²) in [7, 11) is 0. The highest BCUT2D eigenvalue weighted by atomic mass is 19.4. The molecule has 4 nitrogen and oxygen atoms in total. The Morgan fingerprint density at radius 2 is 2.04 bits per heavy atom. The molecule has 0 unspecified atom stereocenters. The van der Waals surface area contributed by atoms with Crippen molar-refractivity contribution < 1.29 is 18.0 Å². The lowest BCUT2D eigenvalue weighted by Crippen LogP contribution is -2.26. The van der Waals surface area contributed by atoms with Crippen LogP contribution < -0.4 is 5.32 Å². The summed E-state index contributed by atoms with van der Waals surface area (Å²) in [4.78, 5) is 18.9. The Balaban J connectivity index is 1.63. The van der Waals surface area contributed by atoms with Crippen molar-refractivity contribution in [3.63, 3.8) is 0 Å². The monoisotopic (exact) mass is 349 g/mol. The number of carbonyl (C=O) groups is 1. The molecule has 2 aliphatic carbocycles. The fourth-order valence-corrected chi connectivity index (χ4v) is 3.40. The van der Waals surface area contributed by atoms with Crippen molar-refractivity contribution in [2.24, 2.45) is 0 Å². The van der Waals surface area contributed by atoms with Gasteiger partial charge in [-0.3, -0.25) is 9.78 Å². The Bertz CT molecular complexity index is 815. The highest BCUT2D eigenvalue weighted by Crippen LogP contribution is 2.54. The molecule has 2 N–H and O–H groups in total. The molecule has 0 bridgehead atoms. The molecule has 25 heavy (non-hydrogen) atoms. The Kier molecular flexibility index (Phi) is 3.46. The molecule has 0 saturated heterocycles. The van der Waals surface area contributed by atoms with E-state index in [4.69, 9.17) is 0 Å². The number of halogens is 3. The Morgan fingerprint density at radius 3 is 2.56 bits per heavy atom. The predicted molar refractivity (Wildman–Crippen MR) is 85.3 cm³/mol. The number of hydrogen-bond donors (Lipinski definition) is 2. The molecule has 7 heteroatoms. The number of pyridine rings is 1. The molecule has 0 aliphatic heterocycles. The third kappa shape index (κ3) is 2.81. The molecular weight excluding hydrogens is 331 g/mol. The number of alkyl halides is 3. The van der Waals surface area contributed by atoms with Crippen molar-refractivity contribution in [3.8, 4) is 0 Å². The maximum atomic E-state index is 12.7. The van der Waals surface area contributed by atoms with Gasteiger partial charge in [0.25, 0.3) is 5.91 Å². The van der Waals surface area contributed by atoms with Crippen LogP contribution in [-0.4, -0.2) is 21.9 Å². The number of rotatable bonds is 4. The van der Waals surface area contributed by atoms with E-state index in [-0.39, 0.29) is 17.4 Å². The van der Waals surface area contributed by atoms with Crippen LogP contribution in [0.25, 0.3) is 0 Å². The third-order valence-corrected chi connectivity index (χ3v) is 5.15. The van der Waals surface area contributed by atoms with Gasteiger partial charge >= 0.3 is 6.18 Å². The lowest BCUT2D eigenvalue weighted by Gasteiger charge is -2.16. The molecule has 0 atom stereocenters. The normalized spacial score (nSPS) is 18.9. The third-order valence-electron chi connectivity index (χ3n) is 5.15. The topological polar surface area (TPSA) is 57.8 Å². The number of nitrogens with one attached hydrogen (secondary N) is 2. The SMILES string of the molecule is Cc1c(C2(c3ccc(C(F)(F)F)nc3)CC2)c[nH]c1C(=O)NC1CC1. The van der Waals surface area contributed by atoms with E-state index in [0.29, 0.717) is 5.69 Å². The zero-order valence-electron chi connectivity index (χ0n) is 13.7. The summed E-state index contributed by atoms with van der Waals surface area (Å²) in [5, 5.41) is 2.95. The van der Waals surface area contributed by atoms with E-state index < -0.39 is 11.9 Å². The van der Waals surface area contributed by atoms with Gasteiger partial charge < -0.3 is 10.3 Å². The van der Waals surface area contributed by atoms with Crippen LogP contribution in [0.2, 0.25) is 0 Å². The molecule has 0 spiro atoms. The first-order valence-electron chi connectivity index (χ1n) is 8.34. The zero-order chi connectivity index (χ0) is 17.8. The minimum absolute atomic E-state index is 0.118. The summed E-state index contributed by atoms with van der Waals surface area (Å²) >= 11 is 0. The lowest BCUT2D eigenvalue weighted by molar-refractivity contribution is -0.141. The summed E-state index contributed by atoms with van der Waals surface area (Å²) in [5.41, 5.74) is 1.90. The maximum absolute atomic E-state index is 12.7. The minimum Gasteiger partial charge on any atom is -0.357 e. The zero-order valence-corrected chi connectivity index (χ0v) is 13.7. The molecule has 2 aromatic heterocycles. The van der Waals surface area contributed by atoms with Crippen molar-refractivity contribution in [2.75, 3.05) is 0 Å². The van der Waals surface area contributed by atoms with Gasteiger partial charge in [-0.25, -0.2) is 0 Å². The van der Waals surface area contributed by atoms with Gasteiger partial charge in [-0.05, 0) is 55.4 Å². The number of hydrogen-bond acceptors (Lipinski definition) is 2. The molecule has 2 heterocycles. The summed E-state index contributed by atoms with van der Waals surface area (Å²) in [6.45, 7) is 1.88. The first kappa shape index (κ1) is 16.2. The van der Waals surface area contributed by atoms with Gasteiger partial charge in [0.2, 0.25) is 0 Å². The molecule has 2 aliphatic rings. The predicted octanol–water partition coefficient (Wildman–Crippen LogP) is 3.71. The average molecular weight is 349 g/mol. The van der Waals surface area contributed by atoms with E-state index in [1.54, 1.807) is 0 Å². The van der Waals surface area contributed by atoms with Crippen LogP contribution in [0.15, 0.2) is 24.5 Å². The van der Waals surface area contributed by atoms with Gasteiger partial charge in [-0.15, -0.1) is 0 Å². The Hall–Kier alpha value is -2.31. The first-order valence-corrected chi connectivity index (χ1v) is 8.34. The Morgan fingerprint density at radius 1 is 1.32 bits per heavy atom. The van der Waals surface area contributed by atoms with E-state index in [1.807, 2.05) is 13.1 Å². The molecular formula is C18H18F3N3O. The van der Waals surface area contributed by atoms with Gasteiger partial charge in [-0.2, -0.15) is 13.2 Å². The maximum Gasteiger partial charge on any atom is 0.433 e. The number of nitrogens with zero attached hydrogens (tertiary/aromatic N) is 1. The summed E-state index contributed by atoms with van der Waals surface area (Å²) in [5.74, 6) is -0.118. The van der Waals surface area contributed by atoms with E-state index in [2.05, 4.69) is 15.3 Å². The van der Waals surface area contributed by atoms with Crippen LogP contribution in [0.1, 0.15) is 58.6 Å². The van der Waals surface area contributed by atoms with Crippen molar-refractivity contribution in [1.82, 2.24) is 15.3 Å². The largest absolute Gasteiger partial charge is 0.433 e. The molecule has 2 aromatic rings. The van der Waals surface area contributed by atoms with E-state index in [1.165, 1.54) is 12.3 Å². The van der Waals surface area contributed by atoms with Crippen LogP contribution >= 0.6 is 0 Å². The summed E-state index contributed by atoms with van der Waals surface area (Å²) < 4.78 is 38.1. The van der Waals surface area contributed by atoms with Gasteiger partial charge in [0.15, 0.2) is 0 Å². The molecule has 0 radical (unpaired) electrons. The number of carbonyl (C=O) groups excluding carboxylic acids is 1. The van der Waals surface area contributed by atoms with Crippen molar-refractivity contribution in [1.29, 1.82) is 0 Å². The quantitative estimate of drug-likeness (QED) is 0.884. The van der Waals surface area contributed by atoms with Crippen LogP contribution in [0.3, 0.4) is 0 Å². The van der Waals surface area contributed by atoms with Gasteiger partial charge in [0.05, 0.1) is 0 Å². The van der Waals surface area contributed by atoms with Gasteiger partial charge in [0, 0.05) is 23.9 Å². The highest BCUT2D eigenvalue weighted by Gasteiger charge is 2.48. The molecule has 0 aromatic carbocycles. The minimum atomic E-state index is -4.44. The van der Waals surface area contributed by atoms with Crippen molar-refractivity contribution >= 4 is 5.91 Å². The number of aromatic nitrogens is 2. The number of aromatic amines is 1. The second-order valence-electron chi connectivity index (χ2n) is 6.96. The highest BCUT2D eigenvalue weighted by molar-refractivity contribution is 5.94. The number of H-pyrrole nitrogens is 1. The van der Waals surface area contributed by atoms with Gasteiger partial charge in [-0.1, -0.05) is 6.07 Å². The van der Waals surface area contributed by atoms with E-state index in [0.717, 1.165) is 48.4 Å². The number of amides is 1. The summed E-state index contributed by atoms with van der Waals surface area (Å²) in [6.07, 6.45) is 2.38.